The molecule has 0 saturated heterocycles. The van der Waals surface area contributed by atoms with Gasteiger partial charge in [0.05, 0.1) is 25.8 Å². The van der Waals surface area contributed by atoms with Crippen molar-refractivity contribution >= 4 is 69.6 Å². The maximum absolute atomic E-state index is 12.0. The van der Waals surface area contributed by atoms with E-state index in [4.69, 9.17) is 51.1 Å². The summed E-state index contributed by atoms with van der Waals surface area (Å²) in [7, 11) is 0. The highest BCUT2D eigenvalue weighted by Gasteiger charge is 2.11. The molecule has 2 rings (SSSR count). The van der Waals surface area contributed by atoms with Crippen LogP contribution in [0, 0.1) is 0 Å². The van der Waals surface area contributed by atoms with E-state index in [9.17, 15) is 9.59 Å². The Kier molecular flexibility index (Phi) is 6.79. The second-order valence-electron chi connectivity index (χ2n) is 4.91. The molecule has 25 heavy (non-hydrogen) atoms. The van der Waals surface area contributed by atoms with Gasteiger partial charge in [0.2, 0.25) is 5.91 Å². The van der Waals surface area contributed by atoms with Crippen LogP contribution in [0.5, 0.6) is 5.75 Å². The molecule has 2 aromatic rings. The zero-order valence-corrected chi connectivity index (χ0v) is 15.9. The lowest BCUT2D eigenvalue weighted by atomic mass is 10.2. The predicted octanol–water partition coefficient (Wildman–Crippen LogP) is 5.28. The first-order chi connectivity index (χ1) is 11.8. The van der Waals surface area contributed by atoms with Crippen LogP contribution >= 0.6 is 46.4 Å². The highest BCUT2D eigenvalue weighted by atomic mass is 35.5. The number of hydrogen-bond acceptors (Lipinski definition) is 3. The highest BCUT2D eigenvalue weighted by Crippen LogP contribution is 2.34. The summed E-state index contributed by atoms with van der Waals surface area (Å²) in [5.41, 5.74) is 0.902. The molecule has 2 N–H and O–H groups in total. The smallest absolute Gasteiger partial charge is 0.262 e. The maximum atomic E-state index is 12.0. The average Bonchev–Trinajstić information content (AvgIpc) is 2.51. The Morgan fingerprint density at radius 2 is 1.60 bits per heavy atom. The van der Waals surface area contributed by atoms with E-state index >= 15 is 0 Å². The largest absolute Gasteiger partial charge is 0.482 e. The van der Waals surface area contributed by atoms with E-state index in [1.165, 1.54) is 25.1 Å². The van der Waals surface area contributed by atoms with Crippen molar-refractivity contribution in [3.8, 4) is 5.75 Å². The van der Waals surface area contributed by atoms with E-state index < -0.39 is 5.91 Å². The molecule has 0 atom stereocenters. The SMILES string of the molecule is CC(=O)Nc1ccc(NC(=O)COc2cc(Cl)c(Cl)cc2Cl)c(Cl)c1. The average molecular weight is 422 g/mol. The third-order valence-electron chi connectivity index (χ3n) is 2.90. The van der Waals surface area contributed by atoms with Gasteiger partial charge in [-0.05, 0) is 24.3 Å². The minimum absolute atomic E-state index is 0.222. The molecule has 0 spiro atoms. The third-order valence-corrected chi connectivity index (χ3v) is 4.23. The van der Waals surface area contributed by atoms with Crippen molar-refractivity contribution in [1.82, 2.24) is 0 Å². The molecule has 0 unspecified atom stereocenters. The van der Waals surface area contributed by atoms with Crippen molar-refractivity contribution in [1.29, 1.82) is 0 Å². The van der Waals surface area contributed by atoms with Crippen molar-refractivity contribution in [3.05, 3.63) is 50.4 Å². The molecular weight excluding hydrogens is 410 g/mol. The predicted molar refractivity (Wildman–Crippen MR) is 101 cm³/mol. The lowest BCUT2D eigenvalue weighted by molar-refractivity contribution is -0.118. The Morgan fingerprint density at radius 1 is 0.920 bits per heavy atom. The number of hydrogen-bond donors (Lipinski definition) is 2. The summed E-state index contributed by atoms with van der Waals surface area (Å²) in [6.45, 7) is 1.08. The van der Waals surface area contributed by atoms with Crippen LogP contribution in [0.2, 0.25) is 20.1 Å². The fraction of sp³-hybridized carbons (Fsp3) is 0.125. The number of anilines is 2. The number of halogens is 4. The van der Waals surface area contributed by atoms with E-state index in [-0.39, 0.29) is 38.4 Å². The first kappa shape index (κ1) is 19.7. The van der Waals surface area contributed by atoms with Crippen LogP contribution < -0.4 is 15.4 Å². The molecule has 132 valence electrons. The van der Waals surface area contributed by atoms with Gasteiger partial charge in [-0.15, -0.1) is 0 Å². The molecule has 2 aromatic carbocycles. The van der Waals surface area contributed by atoms with Gasteiger partial charge in [-0.3, -0.25) is 9.59 Å². The molecule has 0 saturated carbocycles. The first-order valence-corrected chi connectivity index (χ1v) is 8.42. The van der Waals surface area contributed by atoms with E-state index in [1.54, 1.807) is 12.1 Å². The molecule has 0 fully saturated rings. The molecule has 0 radical (unpaired) electrons. The molecule has 0 bridgehead atoms. The molecule has 5 nitrogen and oxygen atoms in total. The lowest BCUT2D eigenvalue weighted by Gasteiger charge is -2.11. The second kappa shape index (κ2) is 8.63. The van der Waals surface area contributed by atoms with Crippen LogP contribution in [0.3, 0.4) is 0 Å². The zero-order chi connectivity index (χ0) is 18.6. The van der Waals surface area contributed by atoms with Gasteiger partial charge in [-0.1, -0.05) is 46.4 Å². The van der Waals surface area contributed by atoms with Gasteiger partial charge in [-0.25, -0.2) is 0 Å². The van der Waals surface area contributed by atoms with Crippen LogP contribution in [0.15, 0.2) is 30.3 Å². The second-order valence-corrected chi connectivity index (χ2v) is 6.54. The molecule has 0 aliphatic rings. The third kappa shape index (κ3) is 5.68. The summed E-state index contributed by atoms with van der Waals surface area (Å²) in [4.78, 5) is 23.0. The van der Waals surface area contributed by atoms with Gasteiger partial charge in [0.15, 0.2) is 6.61 Å². The summed E-state index contributed by atoms with van der Waals surface area (Å²) >= 11 is 23.8. The number of nitrogens with one attached hydrogen (secondary N) is 2. The van der Waals surface area contributed by atoms with Crippen molar-refractivity contribution in [2.75, 3.05) is 17.2 Å². The standard InChI is InChI=1S/C16H12Cl4N2O3/c1-8(23)21-9-2-3-14(12(19)4-9)22-16(24)7-25-15-6-11(18)10(17)5-13(15)20/h2-6H,7H2,1H3,(H,21,23)(H,22,24). The van der Waals surface area contributed by atoms with E-state index in [0.717, 1.165) is 0 Å². The van der Waals surface area contributed by atoms with Crippen molar-refractivity contribution in [2.24, 2.45) is 0 Å². The minimum atomic E-state index is -0.448. The molecule has 9 heteroatoms. The molecule has 2 amide bonds. The van der Waals surface area contributed by atoms with Crippen molar-refractivity contribution in [3.63, 3.8) is 0 Å². The molecule has 0 aromatic heterocycles. The number of rotatable bonds is 5. The first-order valence-electron chi connectivity index (χ1n) is 6.90. The Bertz CT molecular complexity index is 827. The molecule has 0 aliphatic carbocycles. The van der Waals surface area contributed by atoms with Crippen LogP contribution in [0.4, 0.5) is 11.4 Å². The van der Waals surface area contributed by atoms with Gasteiger partial charge in [0, 0.05) is 18.7 Å². The molecule has 0 aliphatic heterocycles. The highest BCUT2D eigenvalue weighted by molar-refractivity contribution is 6.43. The van der Waals surface area contributed by atoms with Crippen LogP contribution in [-0.4, -0.2) is 18.4 Å². The summed E-state index contributed by atoms with van der Waals surface area (Å²) in [5, 5.41) is 6.24. The van der Waals surface area contributed by atoms with E-state index in [1.807, 2.05) is 0 Å². The topological polar surface area (TPSA) is 67.4 Å². The van der Waals surface area contributed by atoms with Gasteiger partial charge < -0.3 is 15.4 Å². The quantitative estimate of drug-likeness (QED) is 0.645. The molecular formula is C16H12Cl4N2O3. The van der Waals surface area contributed by atoms with Crippen LogP contribution in [0.1, 0.15) is 6.92 Å². The zero-order valence-electron chi connectivity index (χ0n) is 12.8. The number of benzene rings is 2. The molecule has 0 heterocycles. The summed E-state index contributed by atoms with van der Waals surface area (Å²) in [6, 6.07) is 7.55. The Hall–Kier alpha value is -1.66. The monoisotopic (exact) mass is 420 g/mol. The van der Waals surface area contributed by atoms with Gasteiger partial charge in [0.25, 0.3) is 5.91 Å². The van der Waals surface area contributed by atoms with Crippen LogP contribution in [-0.2, 0) is 9.59 Å². The number of ether oxygens (including phenoxy) is 1. The summed E-state index contributed by atoms with van der Waals surface area (Å²) < 4.78 is 5.34. The van der Waals surface area contributed by atoms with Crippen molar-refractivity contribution in [2.45, 2.75) is 6.92 Å². The van der Waals surface area contributed by atoms with Gasteiger partial charge in [0.1, 0.15) is 5.75 Å². The Balaban J connectivity index is 1.99. The van der Waals surface area contributed by atoms with Crippen molar-refractivity contribution < 1.29 is 14.3 Å². The lowest BCUT2D eigenvalue weighted by Crippen LogP contribution is -2.20. The maximum Gasteiger partial charge on any atom is 0.262 e. The number of carbonyl (C=O) groups is 2. The fourth-order valence-corrected chi connectivity index (χ4v) is 2.66. The van der Waals surface area contributed by atoms with Gasteiger partial charge in [-0.2, -0.15) is 0 Å². The van der Waals surface area contributed by atoms with Crippen LogP contribution in [0.25, 0.3) is 0 Å². The Morgan fingerprint density at radius 3 is 2.24 bits per heavy atom. The normalized spacial score (nSPS) is 10.3. The van der Waals surface area contributed by atoms with Gasteiger partial charge >= 0.3 is 0 Å². The van der Waals surface area contributed by atoms with E-state index in [2.05, 4.69) is 10.6 Å². The van der Waals surface area contributed by atoms with E-state index in [0.29, 0.717) is 11.4 Å². The number of carbonyl (C=O) groups excluding carboxylic acids is 2. The minimum Gasteiger partial charge on any atom is -0.482 e. The number of amides is 2. The summed E-state index contributed by atoms with van der Waals surface area (Å²) in [5.74, 6) is -0.436. The fourth-order valence-electron chi connectivity index (χ4n) is 1.84. The Labute approximate surface area is 164 Å². The summed E-state index contributed by atoms with van der Waals surface area (Å²) in [6.07, 6.45) is 0.